The number of hydrogen-bond donors (Lipinski definition) is 0. The zero-order chi connectivity index (χ0) is 5.70. The summed E-state index contributed by atoms with van der Waals surface area (Å²) in [5.41, 5.74) is 0. The van der Waals surface area contributed by atoms with Crippen LogP contribution in [0, 0.1) is 7.05 Å². The summed E-state index contributed by atoms with van der Waals surface area (Å²) in [6, 6.07) is 0. The lowest BCUT2D eigenvalue weighted by Crippen LogP contribution is -2.09. The standard InChI is InChI=1S/C6H12N/c1-4-5-6-7(2)3/h4-6H2,1-2H3. The highest BCUT2D eigenvalue weighted by Gasteiger charge is 1.84. The normalized spacial score (nSPS) is 10.3. The van der Waals surface area contributed by atoms with E-state index in [1.807, 2.05) is 0 Å². The first-order chi connectivity index (χ1) is 3.27. The number of unbranched alkanes of at least 4 members (excludes halogenated alkanes) is 1. The van der Waals surface area contributed by atoms with Gasteiger partial charge in [0, 0.05) is 0 Å². The molecule has 0 atom stereocenters. The van der Waals surface area contributed by atoms with Crippen molar-refractivity contribution in [2.45, 2.75) is 19.8 Å². The molecule has 0 unspecified atom stereocenters. The van der Waals surface area contributed by atoms with E-state index in [-0.39, 0.29) is 0 Å². The summed E-state index contributed by atoms with van der Waals surface area (Å²) < 4.78 is 0. The Hall–Kier alpha value is -0.0400. The molecule has 0 aliphatic heterocycles. The molecule has 41 valence electrons. The van der Waals surface area contributed by atoms with Crippen LogP contribution >= 0.6 is 0 Å². The van der Waals surface area contributed by atoms with Gasteiger partial charge in [-0.05, 0) is 20.0 Å². The summed E-state index contributed by atoms with van der Waals surface area (Å²) in [6.45, 7) is 3.03. The Labute approximate surface area is 46.3 Å². The van der Waals surface area contributed by atoms with Gasteiger partial charge in [-0.1, -0.05) is 13.3 Å². The van der Waals surface area contributed by atoms with Gasteiger partial charge in [0.15, 0.2) is 0 Å². The molecule has 0 saturated carbocycles. The van der Waals surface area contributed by atoms with Gasteiger partial charge in [0.05, 0.1) is 7.05 Å². The van der Waals surface area contributed by atoms with Crippen LogP contribution < -0.4 is 0 Å². The molecule has 0 N–H and O–H groups in total. The fourth-order valence-electron chi connectivity index (χ4n) is 0.395. The highest BCUT2D eigenvalue weighted by atomic mass is 15.0. The lowest BCUT2D eigenvalue weighted by Gasteiger charge is -2.04. The monoisotopic (exact) mass is 98.1 g/mol. The van der Waals surface area contributed by atoms with Crippen LogP contribution in [0.5, 0.6) is 0 Å². The molecule has 0 spiro atoms. The van der Waals surface area contributed by atoms with Crippen molar-refractivity contribution in [3.63, 3.8) is 0 Å². The zero-order valence-electron chi connectivity index (χ0n) is 5.07. The quantitative estimate of drug-likeness (QED) is 0.513. The van der Waals surface area contributed by atoms with Gasteiger partial charge in [-0.25, -0.2) is 0 Å². The Morgan fingerprint density at radius 1 is 1.57 bits per heavy atom. The van der Waals surface area contributed by atoms with Crippen LogP contribution in [0.4, 0.5) is 0 Å². The molecule has 0 fully saturated rings. The first-order valence-electron chi connectivity index (χ1n) is 2.69. The third kappa shape index (κ3) is 5.96. The van der Waals surface area contributed by atoms with Crippen LogP contribution in [0.3, 0.4) is 0 Å². The fraction of sp³-hybridized carbons (Fsp3) is 0.833. The van der Waals surface area contributed by atoms with Gasteiger partial charge >= 0.3 is 0 Å². The molecule has 1 nitrogen and oxygen atoms in total. The van der Waals surface area contributed by atoms with Gasteiger partial charge in [0.1, 0.15) is 0 Å². The maximum absolute atomic E-state index is 6.91. The topological polar surface area (TPSA) is 3.24 Å². The third-order valence-corrected chi connectivity index (χ3v) is 0.847. The molecule has 0 heterocycles. The van der Waals surface area contributed by atoms with Crippen molar-refractivity contribution in [2.24, 2.45) is 0 Å². The highest BCUT2D eigenvalue weighted by Crippen LogP contribution is 1.87. The molecule has 0 aromatic carbocycles. The Morgan fingerprint density at radius 3 is 2.29 bits per heavy atom. The largest absolute Gasteiger partial charge is 0.295 e. The van der Waals surface area contributed by atoms with Crippen molar-refractivity contribution in [2.75, 3.05) is 13.6 Å². The zero-order valence-corrected chi connectivity index (χ0v) is 5.07. The van der Waals surface area contributed by atoms with Crippen molar-refractivity contribution in [3.8, 4) is 0 Å². The highest BCUT2D eigenvalue weighted by molar-refractivity contribution is 4.44. The maximum atomic E-state index is 6.91. The van der Waals surface area contributed by atoms with E-state index in [0.717, 1.165) is 13.0 Å². The Kier molecular flexibility index (Phi) is 4.10. The summed E-state index contributed by atoms with van der Waals surface area (Å²) in [5, 5.41) is 0. The molecule has 1 heteroatoms. The minimum Gasteiger partial charge on any atom is -0.295 e. The molecule has 0 saturated heterocycles. The van der Waals surface area contributed by atoms with E-state index in [1.165, 1.54) is 11.3 Å². The van der Waals surface area contributed by atoms with Crippen LogP contribution in [0.1, 0.15) is 19.8 Å². The number of nitrogens with zero attached hydrogens (tertiary/aromatic N) is 1. The van der Waals surface area contributed by atoms with Crippen molar-refractivity contribution in [1.29, 1.82) is 0 Å². The minimum atomic E-state index is 0.899. The van der Waals surface area contributed by atoms with Crippen molar-refractivity contribution < 1.29 is 0 Å². The van der Waals surface area contributed by atoms with Crippen LogP contribution in [0.25, 0.3) is 0 Å². The van der Waals surface area contributed by atoms with E-state index in [1.54, 1.807) is 7.05 Å². The van der Waals surface area contributed by atoms with Gasteiger partial charge in [-0.15, -0.1) is 0 Å². The van der Waals surface area contributed by atoms with Gasteiger partial charge in [0.2, 0.25) is 0 Å². The van der Waals surface area contributed by atoms with Crippen molar-refractivity contribution in [3.05, 3.63) is 7.05 Å². The molecule has 0 bridgehead atoms. The van der Waals surface area contributed by atoms with E-state index < -0.39 is 0 Å². The molecule has 0 aliphatic carbocycles. The fourth-order valence-corrected chi connectivity index (χ4v) is 0.395. The molecule has 0 aromatic heterocycles. The predicted molar refractivity (Wildman–Crippen MR) is 30.8 cm³/mol. The SMILES string of the molecule is [C]N(C)CCCC. The van der Waals surface area contributed by atoms with E-state index >= 15 is 0 Å². The second kappa shape index (κ2) is 4.13. The van der Waals surface area contributed by atoms with Gasteiger partial charge in [-0.2, -0.15) is 0 Å². The lowest BCUT2D eigenvalue weighted by atomic mass is 10.3. The average molecular weight is 98.2 g/mol. The molecule has 0 amide bonds. The van der Waals surface area contributed by atoms with E-state index in [4.69, 9.17) is 7.05 Å². The first kappa shape index (κ1) is 6.96. The van der Waals surface area contributed by atoms with Gasteiger partial charge < -0.3 is 0 Å². The maximum Gasteiger partial charge on any atom is 0.0880 e. The third-order valence-electron chi connectivity index (χ3n) is 0.847. The van der Waals surface area contributed by atoms with Crippen molar-refractivity contribution >= 4 is 0 Å². The molecule has 7 heavy (non-hydrogen) atoms. The molecule has 0 rings (SSSR count). The second-order valence-electron chi connectivity index (χ2n) is 1.78. The molecular formula is C6H12N. The Morgan fingerprint density at radius 2 is 2.14 bits per heavy atom. The number of rotatable bonds is 3. The van der Waals surface area contributed by atoms with Crippen LogP contribution in [0.2, 0.25) is 0 Å². The molecule has 0 aromatic rings. The summed E-state index contributed by atoms with van der Waals surface area (Å²) >= 11 is 0. The Balaban J connectivity index is 2.68. The summed E-state index contributed by atoms with van der Waals surface area (Å²) in [7, 11) is 8.69. The lowest BCUT2D eigenvalue weighted by molar-refractivity contribution is 0.436. The van der Waals surface area contributed by atoms with E-state index in [2.05, 4.69) is 6.92 Å². The predicted octanol–water partition coefficient (Wildman–Crippen LogP) is 1.26. The Bertz CT molecular complexity index is 33.2. The second-order valence-corrected chi connectivity index (χ2v) is 1.78. The van der Waals surface area contributed by atoms with Crippen LogP contribution in [-0.2, 0) is 0 Å². The van der Waals surface area contributed by atoms with Gasteiger partial charge in [-0.3, -0.25) is 4.90 Å². The van der Waals surface area contributed by atoms with E-state index in [9.17, 15) is 0 Å². The first-order valence-corrected chi connectivity index (χ1v) is 2.69. The smallest absolute Gasteiger partial charge is 0.0880 e. The summed E-state index contributed by atoms with van der Waals surface area (Å²) in [4.78, 5) is 1.46. The molecule has 0 aliphatic rings. The molecule has 3 radical (unpaired) electrons. The molecular weight excluding hydrogens is 86.1 g/mol. The van der Waals surface area contributed by atoms with Gasteiger partial charge in [0.25, 0.3) is 0 Å². The average Bonchev–Trinajstić information content (AvgIpc) is 1.61. The minimum absolute atomic E-state index is 0.899. The summed E-state index contributed by atoms with van der Waals surface area (Å²) in [5.74, 6) is 0. The van der Waals surface area contributed by atoms with Crippen LogP contribution in [-0.4, -0.2) is 18.5 Å². The number of hydrogen-bond acceptors (Lipinski definition) is 1. The van der Waals surface area contributed by atoms with Crippen LogP contribution in [0.15, 0.2) is 0 Å². The summed E-state index contributed by atoms with van der Waals surface area (Å²) in [6.07, 6.45) is 2.32. The van der Waals surface area contributed by atoms with E-state index in [0.29, 0.717) is 0 Å². The van der Waals surface area contributed by atoms with Crippen molar-refractivity contribution in [1.82, 2.24) is 4.90 Å².